The fourth-order valence-electron chi connectivity index (χ4n) is 1.70. The lowest BCUT2D eigenvalue weighted by molar-refractivity contribution is 0.328. The molecule has 1 atom stereocenters. The number of pyridine rings is 1. The van der Waals surface area contributed by atoms with Gasteiger partial charge in [0, 0.05) is 24.4 Å². The maximum atomic E-state index is 5.49. The molecule has 1 aliphatic rings. The second kappa shape index (κ2) is 4.51. The molecule has 0 bridgehead atoms. The maximum absolute atomic E-state index is 5.49. The van der Waals surface area contributed by atoms with Crippen molar-refractivity contribution in [1.82, 2.24) is 15.2 Å². The molecule has 0 aliphatic carbocycles. The van der Waals surface area contributed by atoms with Gasteiger partial charge in [0.1, 0.15) is 11.3 Å². The van der Waals surface area contributed by atoms with Crippen molar-refractivity contribution < 1.29 is 9.47 Å². The van der Waals surface area contributed by atoms with Crippen LogP contribution in [-0.2, 0) is 11.2 Å². The number of rotatable bonds is 5. The van der Waals surface area contributed by atoms with Crippen molar-refractivity contribution in [2.45, 2.75) is 12.1 Å². The summed E-state index contributed by atoms with van der Waals surface area (Å²) in [6.07, 6.45) is 2.40. The number of methoxy groups -OCH3 is 1. The summed E-state index contributed by atoms with van der Waals surface area (Å²) in [5.41, 5.74) is 2.21. The molecule has 0 spiro atoms. The average Bonchev–Trinajstić information content (AvgIpc) is 2.93. The number of aromatic nitrogens is 3. The van der Waals surface area contributed by atoms with Crippen LogP contribution < -0.4 is 10.1 Å². The smallest absolute Gasteiger partial charge is 0.207 e. The summed E-state index contributed by atoms with van der Waals surface area (Å²) in [7, 11) is 1.64. The highest BCUT2D eigenvalue weighted by Gasteiger charge is 2.46. The van der Waals surface area contributed by atoms with Crippen molar-refractivity contribution in [3.63, 3.8) is 0 Å². The predicted octanol–water partition coefficient (Wildman–Crippen LogP) is 1.32. The first-order chi connectivity index (χ1) is 8.80. The van der Waals surface area contributed by atoms with E-state index < -0.39 is 0 Å². The quantitative estimate of drug-likeness (QED) is 0.821. The number of epoxide rings is 1. The van der Waals surface area contributed by atoms with E-state index in [-0.39, 0.29) is 5.72 Å². The van der Waals surface area contributed by atoms with Gasteiger partial charge in [0.2, 0.25) is 5.13 Å². The Labute approximate surface area is 108 Å². The van der Waals surface area contributed by atoms with Crippen LogP contribution in [0.2, 0.25) is 0 Å². The number of anilines is 1. The lowest BCUT2D eigenvalue weighted by atomic mass is 10.1. The molecule has 1 saturated heterocycles. The molecule has 0 saturated carbocycles. The van der Waals surface area contributed by atoms with E-state index in [0.717, 1.165) is 16.6 Å². The van der Waals surface area contributed by atoms with E-state index in [1.165, 1.54) is 11.3 Å². The van der Waals surface area contributed by atoms with Gasteiger partial charge in [-0.15, -0.1) is 10.2 Å². The Morgan fingerprint density at radius 2 is 2.50 bits per heavy atom. The number of nitrogens with zero attached hydrogens (tertiary/aromatic N) is 3. The fraction of sp³-hybridized carbons (Fsp3) is 0.364. The van der Waals surface area contributed by atoms with E-state index in [4.69, 9.17) is 9.47 Å². The Morgan fingerprint density at radius 3 is 3.17 bits per heavy atom. The number of nitrogens with one attached hydrogen (secondary N) is 1. The Hall–Kier alpha value is -1.73. The third-order valence-corrected chi connectivity index (χ3v) is 3.28. The zero-order valence-corrected chi connectivity index (χ0v) is 10.6. The Kier molecular flexibility index (Phi) is 2.85. The summed E-state index contributed by atoms with van der Waals surface area (Å²) in [4.78, 5) is 4.31. The van der Waals surface area contributed by atoms with E-state index >= 15 is 0 Å². The Bertz CT molecular complexity index is 528. The largest absolute Gasteiger partial charge is 0.497 e. The third-order valence-electron chi connectivity index (χ3n) is 2.68. The molecule has 7 heteroatoms. The van der Waals surface area contributed by atoms with Crippen LogP contribution in [0.3, 0.4) is 0 Å². The van der Waals surface area contributed by atoms with Gasteiger partial charge < -0.3 is 14.8 Å². The molecular weight excluding hydrogens is 252 g/mol. The first-order valence-electron chi connectivity index (χ1n) is 5.47. The second-order valence-corrected chi connectivity index (χ2v) is 4.85. The van der Waals surface area contributed by atoms with Crippen LogP contribution in [0.1, 0.15) is 5.69 Å². The normalized spacial score (nSPS) is 21.6. The molecule has 1 aliphatic heterocycles. The maximum Gasteiger partial charge on any atom is 0.207 e. The van der Waals surface area contributed by atoms with E-state index in [9.17, 15) is 0 Å². The van der Waals surface area contributed by atoms with Gasteiger partial charge >= 0.3 is 0 Å². The van der Waals surface area contributed by atoms with Crippen molar-refractivity contribution in [3.05, 3.63) is 29.5 Å². The monoisotopic (exact) mass is 264 g/mol. The van der Waals surface area contributed by atoms with Crippen molar-refractivity contribution in [2.24, 2.45) is 0 Å². The molecular formula is C11H12N4O2S. The minimum atomic E-state index is -0.390. The van der Waals surface area contributed by atoms with Gasteiger partial charge in [-0.25, -0.2) is 0 Å². The molecule has 3 rings (SSSR count). The topological polar surface area (TPSA) is 72.5 Å². The number of hydrogen-bond acceptors (Lipinski definition) is 7. The number of hydrogen-bond donors (Lipinski definition) is 1. The van der Waals surface area contributed by atoms with Crippen LogP contribution in [0.5, 0.6) is 5.75 Å². The minimum Gasteiger partial charge on any atom is -0.497 e. The summed E-state index contributed by atoms with van der Waals surface area (Å²) >= 11 is 1.45. The van der Waals surface area contributed by atoms with Crippen LogP contribution in [0.15, 0.2) is 23.8 Å². The van der Waals surface area contributed by atoms with Crippen LogP contribution in [0, 0.1) is 0 Å². The zero-order chi connectivity index (χ0) is 12.4. The molecule has 3 heterocycles. The van der Waals surface area contributed by atoms with Gasteiger partial charge in [-0.2, -0.15) is 0 Å². The van der Waals surface area contributed by atoms with E-state index in [2.05, 4.69) is 20.5 Å². The van der Waals surface area contributed by atoms with Crippen LogP contribution in [0.25, 0.3) is 0 Å². The van der Waals surface area contributed by atoms with Crippen molar-refractivity contribution in [1.29, 1.82) is 0 Å². The van der Waals surface area contributed by atoms with Crippen molar-refractivity contribution in [2.75, 3.05) is 19.0 Å². The fourth-order valence-corrected chi connectivity index (χ4v) is 2.23. The minimum absolute atomic E-state index is 0.390. The SMILES string of the molecule is COc1ccnc(CC2(Nc3nncs3)CO2)c1. The molecule has 0 radical (unpaired) electrons. The first kappa shape index (κ1) is 11.4. The number of ether oxygens (including phenoxy) is 2. The zero-order valence-electron chi connectivity index (χ0n) is 9.79. The Balaban J connectivity index is 1.71. The van der Waals surface area contributed by atoms with Crippen molar-refractivity contribution >= 4 is 16.5 Å². The average molecular weight is 264 g/mol. The molecule has 0 amide bonds. The molecule has 2 aromatic rings. The second-order valence-electron chi connectivity index (χ2n) is 4.02. The van der Waals surface area contributed by atoms with E-state index in [1.807, 2.05) is 12.1 Å². The summed E-state index contributed by atoms with van der Waals surface area (Å²) in [5, 5.41) is 11.7. The van der Waals surface area contributed by atoms with Gasteiger partial charge in [0.15, 0.2) is 5.72 Å². The highest BCUT2D eigenvalue weighted by Crippen LogP contribution is 2.33. The third kappa shape index (κ3) is 2.41. The highest BCUT2D eigenvalue weighted by molar-refractivity contribution is 7.13. The Morgan fingerprint density at radius 1 is 1.61 bits per heavy atom. The molecule has 94 valence electrons. The van der Waals surface area contributed by atoms with Crippen LogP contribution in [-0.4, -0.2) is 34.6 Å². The van der Waals surface area contributed by atoms with Crippen LogP contribution >= 0.6 is 11.3 Å². The van der Waals surface area contributed by atoms with Crippen LogP contribution in [0.4, 0.5) is 5.13 Å². The standard InChI is InChI=1S/C11H12N4O2S/c1-16-9-2-3-12-8(4-9)5-11(6-17-11)14-10-15-13-7-18-10/h2-4,7H,5-6H2,1H3,(H,14,15). The molecule has 1 fully saturated rings. The predicted molar refractivity (Wildman–Crippen MR) is 66.7 cm³/mol. The summed E-state index contributed by atoms with van der Waals surface area (Å²) in [5.74, 6) is 0.798. The molecule has 1 N–H and O–H groups in total. The summed E-state index contributed by atoms with van der Waals surface area (Å²) in [6.45, 7) is 0.644. The van der Waals surface area contributed by atoms with E-state index in [0.29, 0.717) is 13.0 Å². The van der Waals surface area contributed by atoms with Gasteiger partial charge in [-0.1, -0.05) is 11.3 Å². The molecule has 2 aromatic heterocycles. The lowest BCUT2D eigenvalue weighted by Gasteiger charge is -2.12. The highest BCUT2D eigenvalue weighted by atomic mass is 32.1. The van der Waals surface area contributed by atoms with Gasteiger partial charge in [-0.3, -0.25) is 4.98 Å². The summed E-state index contributed by atoms with van der Waals surface area (Å²) in [6, 6.07) is 3.73. The van der Waals surface area contributed by atoms with Gasteiger partial charge in [-0.05, 0) is 6.07 Å². The molecule has 6 nitrogen and oxygen atoms in total. The van der Waals surface area contributed by atoms with Crippen molar-refractivity contribution in [3.8, 4) is 5.75 Å². The lowest BCUT2D eigenvalue weighted by Crippen LogP contribution is -2.26. The van der Waals surface area contributed by atoms with Gasteiger partial charge in [0.25, 0.3) is 0 Å². The molecule has 0 aromatic carbocycles. The molecule has 1 unspecified atom stereocenters. The van der Waals surface area contributed by atoms with Gasteiger partial charge in [0.05, 0.1) is 13.7 Å². The summed E-state index contributed by atoms with van der Waals surface area (Å²) < 4.78 is 10.7. The van der Waals surface area contributed by atoms with E-state index in [1.54, 1.807) is 18.8 Å². The molecule has 18 heavy (non-hydrogen) atoms. The first-order valence-corrected chi connectivity index (χ1v) is 6.35.